The molecule has 7 heteroatoms. The first-order chi connectivity index (χ1) is 8.69. The van der Waals surface area contributed by atoms with Crippen LogP contribution in [0.4, 0.5) is 5.13 Å². The third-order valence-corrected chi connectivity index (χ3v) is 3.01. The van der Waals surface area contributed by atoms with Crippen molar-refractivity contribution in [2.45, 2.75) is 19.9 Å². The lowest BCUT2D eigenvalue weighted by Crippen LogP contribution is -2.23. The van der Waals surface area contributed by atoms with Crippen LogP contribution in [0, 0.1) is 0 Å². The Morgan fingerprint density at radius 2 is 2.17 bits per heavy atom. The predicted molar refractivity (Wildman–Crippen MR) is 69.1 cm³/mol. The number of thiazole rings is 1. The fourth-order valence-corrected chi connectivity index (χ4v) is 1.89. The molecule has 2 heterocycles. The van der Waals surface area contributed by atoms with Gasteiger partial charge in [0.15, 0.2) is 5.13 Å². The van der Waals surface area contributed by atoms with Gasteiger partial charge in [-0.1, -0.05) is 6.92 Å². The van der Waals surface area contributed by atoms with Crippen molar-refractivity contribution in [3.63, 3.8) is 0 Å². The number of rotatable bonds is 4. The van der Waals surface area contributed by atoms with Crippen LogP contribution in [0.15, 0.2) is 17.8 Å². The van der Waals surface area contributed by atoms with Crippen LogP contribution in [-0.4, -0.2) is 20.9 Å². The molecule has 0 aromatic carbocycles. The van der Waals surface area contributed by atoms with Crippen LogP contribution >= 0.6 is 11.3 Å². The van der Waals surface area contributed by atoms with Crippen molar-refractivity contribution >= 4 is 22.4 Å². The van der Waals surface area contributed by atoms with E-state index in [9.17, 15) is 4.79 Å². The molecule has 18 heavy (non-hydrogen) atoms. The molecule has 0 aliphatic heterocycles. The molecule has 0 unspecified atom stereocenters. The summed E-state index contributed by atoms with van der Waals surface area (Å²) >= 11 is 1.35. The van der Waals surface area contributed by atoms with E-state index in [1.165, 1.54) is 23.7 Å². The van der Waals surface area contributed by atoms with Crippen LogP contribution in [0.5, 0.6) is 0 Å². The highest BCUT2D eigenvalue weighted by Gasteiger charge is 2.07. The van der Waals surface area contributed by atoms with E-state index in [1.54, 1.807) is 0 Å². The summed E-state index contributed by atoms with van der Waals surface area (Å²) in [6, 6.07) is 0. The van der Waals surface area contributed by atoms with Gasteiger partial charge in [0, 0.05) is 24.2 Å². The first kappa shape index (κ1) is 12.4. The summed E-state index contributed by atoms with van der Waals surface area (Å²) in [7, 11) is 0. The van der Waals surface area contributed by atoms with Crippen molar-refractivity contribution in [2.75, 3.05) is 5.73 Å². The van der Waals surface area contributed by atoms with Gasteiger partial charge in [0.1, 0.15) is 5.82 Å². The SMILES string of the molecule is CCc1ncc(C(=O)NCc2csc(N)n2)cn1. The van der Waals surface area contributed by atoms with Gasteiger partial charge in [-0.05, 0) is 0 Å². The molecule has 0 atom stereocenters. The number of aryl methyl sites for hydroxylation is 1. The summed E-state index contributed by atoms with van der Waals surface area (Å²) in [5.41, 5.74) is 6.69. The first-order valence-corrected chi connectivity index (χ1v) is 6.36. The molecule has 94 valence electrons. The Morgan fingerprint density at radius 1 is 1.44 bits per heavy atom. The quantitative estimate of drug-likeness (QED) is 0.858. The molecule has 0 saturated heterocycles. The fourth-order valence-electron chi connectivity index (χ4n) is 1.33. The molecule has 6 nitrogen and oxygen atoms in total. The molecule has 0 spiro atoms. The van der Waals surface area contributed by atoms with Gasteiger partial charge in [0.25, 0.3) is 5.91 Å². The number of amides is 1. The highest BCUT2D eigenvalue weighted by molar-refractivity contribution is 7.13. The molecule has 0 aliphatic carbocycles. The summed E-state index contributed by atoms with van der Waals surface area (Å²) in [5, 5.41) is 5.04. The van der Waals surface area contributed by atoms with Crippen molar-refractivity contribution in [3.05, 3.63) is 34.9 Å². The molecule has 2 aromatic rings. The molecule has 2 aromatic heterocycles. The van der Waals surface area contributed by atoms with E-state index in [-0.39, 0.29) is 5.91 Å². The third-order valence-electron chi connectivity index (χ3n) is 2.28. The third kappa shape index (κ3) is 3.01. The van der Waals surface area contributed by atoms with E-state index in [0.717, 1.165) is 17.9 Å². The molecule has 3 N–H and O–H groups in total. The molecule has 0 aliphatic rings. The highest BCUT2D eigenvalue weighted by atomic mass is 32.1. The second kappa shape index (κ2) is 5.54. The second-order valence-corrected chi connectivity index (χ2v) is 4.49. The highest BCUT2D eigenvalue weighted by Crippen LogP contribution is 2.10. The summed E-state index contributed by atoms with van der Waals surface area (Å²) in [4.78, 5) is 24.0. The van der Waals surface area contributed by atoms with Crippen molar-refractivity contribution in [3.8, 4) is 0 Å². The fraction of sp³-hybridized carbons (Fsp3) is 0.273. The first-order valence-electron chi connectivity index (χ1n) is 5.48. The maximum absolute atomic E-state index is 11.8. The van der Waals surface area contributed by atoms with Crippen molar-refractivity contribution < 1.29 is 4.79 Å². The smallest absolute Gasteiger partial charge is 0.254 e. The zero-order chi connectivity index (χ0) is 13.0. The van der Waals surface area contributed by atoms with Crippen LogP contribution in [0.3, 0.4) is 0 Å². The van der Waals surface area contributed by atoms with E-state index in [2.05, 4.69) is 20.3 Å². The van der Waals surface area contributed by atoms with E-state index < -0.39 is 0 Å². The number of nitrogen functional groups attached to an aromatic ring is 1. The minimum atomic E-state index is -0.218. The van der Waals surface area contributed by atoms with E-state index in [0.29, 0.717) is 17.2 Å². The monoisotopic (exact) mass is 263 g/mol. The average Bonchev–Trinajstić information content (AvgIpc) is 2.82. The lowest BCUT2D eigenvalue weighted by molar-refractivity contribution is 0.0949. The molecular formula is C11H13N5OS. The van der Waals surface area contributed by atoms with Crippen molar-refractivity contribution in [2.24, 2.45) is 0 Å². The van der Waals surface area contributed by atoms with Gasteiger partial charge in [-0.15, -0.1) is 11.3 Å². The minimum Gasteiger partial charge on any atom is -0.375 e. The number of anilines is 1. The number of aromatic nitrogens is 3. The van der Waals surface area contributed by atoms with Gasteiger partial charge < -0.3 is 11.1 Å². The minimum absolute atomic E-state index is 0.218. The molecule has 0 fully saturated rings. The topological polar surface area (TPSA) is 93.8 Å². The lowest BCUT2D eigenvalue weighted by Gasteiger charge is -2.03. The summed E-state index contributed by atoms with van der Waals surface area (Å²) in [6.07, 6.45) is 3.80. The maximum atomic E-state index is 11.8. The van der Waals surface area contributed by atoms with Crippen LogP contribution in [-0.2, 0) is 13.0 Å². The Labute approximate surface area is 108 Å². The van der Waals surface area contributed by atoms with Gasteiger partial charge in [0.2, 0.25) is 0 Å². The molecular weight excluding hydrogens is 250 g/mol. The van der Waals surface area contributed by atoms with E-state index in [1.807, 2.05) is 12.3 Å². The van der Waals surface area contributed by atoms with Crippen LogP contribution in [0.25, 0.3) is 0 Å². The van der Waals surface area contributed by atoms with Crippen LogP contribution in [0.2, 0.25) is 0 Å². The van der Waals surface area contributed by atoms with Gasteiger partial charge in [-0.3, -0.25) is 4.79 Å². The van der Waals surface area contributed by atoms with Crippen molar-refractivity contribution in [1.82, 2.24) is 20.3 Å². The predicted octanol–water partition coefficient (Wildman–Crippen LogP) is 1.01. The molecule has 0 radical (unpaired) electrons. The Hall–Kier alpha value is -2.02. The lowest BCUT2D eigenvalue weighted by atomic mass is 10.3. The summed E-state index contributed by atoms with van der Waals surface area (Å²) < 4.78 is 0. The van der Waals surface area contributed by atoms with E-state index in [4.69, 9.17) is 5.73 Å². The van der Waals surface area contributed by atoms with Crippen molar-refractivity contribution in [1.29, 1.82) is 0 Å². The number of hydrogen-bond acceptors (Lipinski definition) is 6. The van der Waals surface area contributed by atoms with Crippen LogP contribution in [0.1, 0.15) is 28.8 Å². The van der Waals surface area contributed by atoms with Gasteiger partial charge >= 0.3 is 0 Å². The number of nitrogens with two attached hydrogens (primary N) is 1. The Bertz CT molecular complexity index is 537. The summed E-state index contributed by atoms with van der Waals surface area (Å²) in [6.45, 7) is 2.31. The number of nitrogens with one attached hydrogen (secondary N) is 1. The molecule has 1 amide bonds. The van der Waals surface area contributed by atoms with E-state index >= 15 is 0 Å². The number of hydrogen-bond donors (Lipinski definition) is 2. The zero-order valence-electron chi connectivity index (χ0n) is 9.88. The number of nitrogens with zero attached hydrogens (tertiary/aromatic N) is 3. The second-order valence-electron chi connectivity index (χ2n) is 3.60. The molecule has 0 saturated carbocycles. The molecule has 2 rings (SSSR count). The Balaban J connectivity index is 1.94. The number of carbonyl (C=O) groups excluding carboxylic acids is 1. The normalized spacial score (nSPS) is 10.3. The Kier molecular flexibility index (Phi) is 3.83. The Morgan fingerprint density at radius 3 is 2.72 bits per heavy atom. The van der Waals surface area contributed by atoms with Gasteiger partial charge in [0.05, 0.1) is 17.8 Å². The maximum Gasteiger partial charge on any atom is 0.254 e. The zero-order valence-corrected chi connectivity index (χ0v) is 10.7. The molecule has 0 bridgehead atoms. The standard InChI is InChI=1S/C11H13N5OS/c1-2-9-13-3-7(4-14-9)10(17)15-5-8-6-18-11(12)16-8/h3-4,6H,2,5H2,1H3,(H2,12,16)(H,15,17). The van der Waals surface area contributed by atoms with Gasteiger partial charge in [-0.2, -0.15) is 0 Å². The average molecular weight is 263 g/mol. The van der Waals surface area contributed by atoms with Crippen LogP contribution < -0.4 is 11.1 Å². The summed E-state index contributed by atoms with van der Waals surface area (Å²) in [5.74, 6) is 0.503. The largest absolute Gasteiger partial charge is 0.375 e. The van der Waals surface area contributed by atoms with Gasteiger partial charge in [-0.25, -0.2) is 15.0 Å². The number of carbonyl (C=O) groups is 1.